The number of anilines is 1. The molecule has 0 unspecified atom stereocenters. The normalized spacial score (nSPS) is 18.1. The lowest BCUT2D eigenvalue weighted by Crippen LogP contribution is -2.32. The molecule has 1 saturated carbocycles. The Kier molecular flexibility index (Phi) is 4.27. The highest BCUT2D eigenvalue weighted by Gasteiger charge is 2.34. The molecular weight excluding hydrogens is 322 g/mol. The van der Waals surface area contributed by atoms with Gasteiger partial charge < -0.3 is 5.32 Å². The van der Waals surface area contributed by atoms with E-state index in [4.69, 9.17) is 11.6 Å². The SMILES string of the molecule is Cc1cc(C)n(-c2cc(NC3CCC(F)(F)CC3)cc(Cl)n2)n1. The molecule has 0 aromatic carbocycles. The van der Waals surface area contributed by atoms with Crippen LogP contribution in [0.25, 0.3) is 5.82 Å². The smallest absolute Gasteiger partial charge is 0.248 e. The highest BCUT2D eigenvalue weighted by molar-refractivity contribution is 6.29. The Bertz CT molecular complexity index is 704. The Morgan fingerprint density at radius 1 is 1.22 bits per heavy atom. The quantitative estimate of drug-likeness (QED) is 0.835. The summed E-state index contributed by atoms with van der Waals surface area (Å²) in [6.45, 7) is 3.86. The van der Waals surface area contributed by atoms with Gasteiger partial charge in [-0.05, 0) is 38.8 Å². The standard InChI is InChI=1S/C16H19ClF2N4/c1-10-7-11(2)23(22-10)15-9-13(8-14(17)21-15)20-12-3-5-16(18,19)6-4-12/h7-9,12H,3-6H2,1-2H3,(H,20,21). The summed E-state index contributed by atoms with van der Waals surface area (Å²) < 4.78 is 28.2. The van der Waals surface area contributed by atoms with Crippen LogP contribution in [0.5, 0.6) is 0 Å². The number of pyridine rings is 1. The van der Waals surface area contributed by atoms with Gasteiger partial charge in [-0.2, -0.15) is 5.10 Å². The lowest BCUT2D eigenvalue weighted by molar-refractivity contribution is -0.0360. The van der Waals surface area contributed by atoms with E-state index < -0.39 is 5.92 Å². The summed E-state index contributed by atoms with van der Waals surface area (Å²) >= 11 is 6.11. The molecule has 7 heteroatoms. The summed E-state index contributed by atoms with van der Waals surface area (Å²) in [6.07, 6.45) is 0.742. The van der Waals surface area contributed by atoms with Gasteiger partial charge in [0.05, 0.1) is 5.69 Å². The first-order chi connectivity index (χ1) is 10.8. The minimum atomic E-state index is -2.52. The average Bonchev–Trinajstić information content (AvgIpc) is 2.79. The van der Waals surface area contributed by atoms with Crippen molar-refractivity contribution in [1.82, 2.24) is 14.8 Å². The van der Waals surface area contributed by atoms with Gasteiger partial charge in [0, 0.05) is 36.3 Å². The monoisotopic (exact) mass is 340 g/mol. The molecule has 1 aliphatic rings. The van der Waals surface area contributed by atoms with Crippen molar-refractivity contribution in [3.8, 4) is 5.82 Å². The van der Waals surface area contributed by atoms with Crippen LogP contribution in [0.3, 0.4) is 0 Å². The van der Waals surface area contributed by atoms with Crippen molar-refractivity contribution in [2.75, 3.05) is 5.32 Å². The fourth-order valence-corrected chi connectivity index (χ4v) is 3.16. The van der Waals surface area contributed by atoms with Crippen LogP contribution >= 0.6 is 11.6 Å². The summed E-state index contributed by atoms with van der Waals surface area (Å²) in [4.78, 5) is 4.30. The topological polar surface area (TPSA) is 42.7 Å². The fourth-order valence-electron chi connectivity index (χ4n) is 2.96. The third-order valence-corrected chi connectivity index (χ3v) is 4.29. The van der Waals surface area contributed by atoms with Gasteiger partial charge in [-0.3, -0.25) is 0 Å². The van der Waals surface area contributed by atoms with Crippen LogP contribution in [0.2, 0.25) is 5.15 Å². The molecule has 1 fully saturated rings. The Labute approximate surface area is 138 Å². The zero-order valence-corrected chi connectivity index (χ0v) is 13.9. The van der Waals surface area contributed by atoms with E-state index in [-0.39, 0.29) is 18.9 Å². The highest BCUT2D eigenvalue weighted by Crippen LogP contribution is 2.34. The van der Waals surface area contributed by atoms with Crippen molar-refractivity contribution in [1.29, 1.82) is 0 Å². The van der Waals surface area contributed by atoms with Gasteiger partial charge >= 0.3 is 0 Å². The summed E-state index contributed by atoms with van der Waals surface area (Å²) in [5.41, 5.74) is 2.64. The number of hydrogen-bond donors (Lipinski definition) is 1. The first-order valence-electron chi connectivity index (χ1n) is 7.68. The van der Waals surface area contributed by atoms with E-state index in [0.717, 1.165) is 17.1 Å². The molecule has 0 radical (unpaired) electrons. The molecule has 0 aliphatic heterocycles. The van der Waals surface area contributed by atoms with E-state index in [9.17, 15) is 8.78 Å². The van der Waals surface area contributed by atoms with Crippen LogP contribution < -0.4 is 5.32 Å². The predicted molar refractivity (Wildman–Crippen MR) is 86.7 cm³/mol. The molecule has 0 spiro atoms. The van der Waals surface area contributed by atoms with Gasteiger partial charge in [-0.15, -0.1) is 0 Å². The van der Waals surface area contributed by atoms with Crippen LogP contribution in [0.15, 0.2) is 18.2 Å². The first kappa shape index (κ1) is 16.2. The van der Waals surface area contributed by atoms with Crippen molar-refractivity contribution in [2.24, 2.45) is 0 Å². The Morgan fingerprint density at radius 2 is 1.91 bits per heavy atom. The second-order valence-corrected chi connectivity index (χ2v) is 6.54. The van der Waals surface area contributed by atoms with Gasteiger partial charge in [0.25, 0.3) is 0 Å². The molecule has 23 heavy (non-hydrogen) atoms. The van der Waals surface area contributed by atoms with Crippen LogP contribution in [-0.4, -0.2) is 26.7 Å². The van der Waals surface area contributed by atoms with Crippen LogP contribution in [0.4, 0.5) is 14.5 Å². The van der Waals surface area contributed by atoms with Crippen molar-refractivity contribution in [3.63, 3.8) is 0 Å². The highest BCUT2D eigenvalue weighted by atomic mass is 35.5. The van der Waals surface area contributed by atoms with E-state index in [1.807, 2.05) is 26.0 Å². The van der Waals surface area contributed by atoms with Crippen molar-refractivity contribution in [3.05, 3.63) is 34.7 Å². The largest absolute Gasteiger partial charge is 0.382 e. The minimum absolute atomic E-state index is 0.0291. The van der Waals surface area contributed by atoms with Crippen molar-refractivity contribution >= 4 is 17.3 Å². The van der Waals surface area contributed by atoms with E-state index in [2.05, 4.69) is 15.4 Å². The molecule has 0 saturated heterocycles. The summed E-state index contributed by atoms with van der Waals surface area (Å²) in [6, 6.07) is 5.54. The molecule has 3 rings (SSSR count). The van der Waals surface area contributed by atoms with Gasteiger partial charge in [-0.1, -0.05) is 11.6 Å². The minimum Gasteiger partial charge on any atom is -0.382 e. The second-order valence-electron chi connectivity index (χ2n) is 6.15. The lowest BCUT2D eigenvalue weighted by atomic mass is 9.92. The zero-order valence-electron chi connectivity index (χ0n) is 13.1. The van der Waals surface area contributed by atoms with E-state index in [0.29, 0.717) is 23.8 Å². The predicted octanol–water partition coefficient (Wildman–Crippen LogP) is 4.53. The number of rotatable bonds is 3. The lowest BCUT2D eigenvalue weighted by Gasteiger charge is -2.29. The number of aromatic nitrogens is 3. The summed E-state index contributed by atoms with van der Waals surface area (Å²) in [5.74, 6) is -1.91. The molecule has 4 nitrogen and oxygen atoms in total. The third kappa shape index (κ3) is 3.80. The second kappa shape index (κ2) is 6.07. The molecule has 0 amide bonds. The maximum atomic E-state index is 13.2. The van der Waals surface area contributed by atoms with Gasteiger partial charge in [0.1, 0.15) is 5.15 Å². The third-order valence-electron chi connectivity index (χ3n) is 4.10. The number of alkyl halides is 2. The average molecular weight is 341 g/mol. The summed E-state index contributed by atoms with van der Waals surface area (Å²) in [5, 5.41) is 8.04. The van der Waals surface area contributed by atoms with Crippen molar-refractivity contribution in [2.45, 2.75) is 51.5 Å². The number of nitrogens with zero attached hydrogens (tertiary/aromatic N) is 3. The van der Waals surface area contributed by atoms with E-state index >= 15 is 0 Å². The summed E-state index contributed by atoms with van der Waals surface area (Å²) in [7, 11) is 0. The van der Waals surface area contributed by atoms with Crippen LogP contribution in [0, 0.1) is 13.8 Å². The molecule has 2 aromatic heterocycles. The molecule has 1 aliphatic carbocycles. The van der Waals surface area contributed by atoms with Gasteiger partial charge in [0.2, 0.25) is 5.92 Å². The van der Waals surface area contributed by atoms with Gasteiger partial charge in [-0.25, -0.2) is 18.4 Å². The fraction of sp³-hybridized carbons (Fsp3) is 0.500. The molecule has 1 N–H and O–H groups in total. The van der Waals surface area contributed by atoms with Crippen molar-refractivity contribution < 1.29 is 8.78 Å². The molecule has 124 valence electrons. The Morgan fingerprint density at radius 3 is 2.52 bits per heavy atom. The maximum Gasteiger partial charge on any atom is 0.248 e. The molecule has 2 aromatic rings. The van der Waals surface area contributed by atoms with Crippen LogP contribution in [0.1, 0.15) is 37.1 Å². The number of aryl methyl sites for hydroxylation is 2. The zero-order chi connectivity index (χ0) is 16.6. The van der Waals surface area contributed by atoms with Gasteiger partial charge in [0.15, 0.2) is 5.82 Å². The van der Waals surface area contributed by atoms with Crippen LogP contribution in [-0.2, 0) is 0 Å². The number of halogens is 3. The number of nitrogens with one attached hydrogen (secondary N) is 1. The molecule has 0 atom stereocenters. The number of hydrogen-bond acceptors (Lipinski definition) is 3. The maximum absolute atomic E-state index is 13.2. The Balaban J connectivity index is 1.80. The van der Waals surface area contributed by atoms with E-state index in [1.54, 1.807) is 10.7 Å². The Hall–Kier alpha value is -1.69. The first-order valence-corrected chi connectivity index (χ1v) is 8.06. The molecule has 2 heterocycles. The van der Waals surface area contributed by atoms with E-state index in [1.165, 1.54) is 0 Å². The molecule has 0 bridgehead atoms. The molecular formula is C16H19ClF2N4.